The zero-order valence-electron chi connectivity index (χ0n) is 13.0. The summed E-state index contributed by atoms with van der Waals surface area (Å²) in [6.45, 7) is 2.82. The molecule has 0 saturated heterocycles. The van der Waals surface area contributed by atoms with E-state index in [9.17, 15) is 0 Å². The van der Waals surface area contributed by atoms with E-state index in [1.54, 1.807) is 20.5 Å². The molecule has 0 amide bonds. The zero-order valence-corrected chi connectivity index (χ0v) is 13.0. The molecule has 112 valence electrons. The Balaban J connectivity index is 2.16. The van der Waals surface area contributed by atoms with E-state index in [1.165, 1.54) is 0 Å². The second-order valence-electron chi connectivity index (χ2n) is 4.77. The molecule has 0 saturated carbocycles. The third-order valence-corrected chi connectivity index (χ3v) is 3.33. The molecule has 0 bridgehead atoms. The van der Waals surface area contributed by atoms with Crippen LogP contribution in [0.25, 0.3) is 0 Å². The van der Waals surface area contributed by atoms with Crippen LogP contribution in [-0.2, 0) is 13.0 Å². The van der Waals surface area contributed by atoms with Crippen LogP contribution in [-0.4, -0.2) is 31.2 Å². The van der Waals surface area contributed by atoms with Gasteiger partial charge in [0.25, 0.3) is 0 Å². The van der Waals surface area contributed by atoms with Crippen LogP contribution >= 0.6 is 0 Å². The highest BCUT2D eigenvalue weighted by molar-refractivity contribution is 5.45. The average Bonchev–Trinajstić information content (AvgIpc) is 2.54. The van der Waals surface area contributed by atoms with Crippen molar-refractivity contribution in [2.45, 2.75) is 19.9 Å². The largest absolute Gasteiger partial charge is 0.493 e. The Kier molecular flexibility index (Phi) is 4.98. The second kappa shape index (κ2) is 6.92. The fourth-order valence-electron chi connectivity index (χ4n) is 2.12. The lowest BCUT2D eigenvalue weighted by Gasteiger charge is -2.19. The van der Waals surface area contributed by atoms with Gasteiger partial charge < -0.3 is 14.4 Å². The Morgan fingerprint density at radius 1 is 1.05 bits per heavy atom. The highest BCUT2D eigenvalue weighted by Crippen LogP contribution is 2.28. The van der Waals surface area contributed by atoms with Crippen molar-refractivity contribution in [1.82, 2.24) is 9.97 Å². The number of hydrogen-bond acceptors (Lipinski definition) is 5. The molecule has 0 aliphatic heterocycles. The van der Waals surface area contributed by atoms with E-state index >= 15 is 0 Å². The van der Waals surface area contributed by atoms with Crippen molar-refractivity contribution in [2.24, 2.45) is 0 Å². The molecule has 2 rings (SSSR count). The van der Waals surface area contributed by atoms with Gasteiger partial charge >= 0.3 is 0 Å². The first-order valence-corrected chi connectivity index (χ1v) is 6.91. The molecule has 1 aromatic heterocycles. The van der Waals surface area contributed by atoms with Gasteiger partial charge in [-0.1, -0.05) is 13.0 Å². The number of ether oxygens (including phenoxy) is 2. The maximum atomic E-state index is 5.33. The summed E-state index contributed by atoms with van der Waals surface area (Å²) >= 11 is 0. The second-order valence-corrected chi connectivity index (χ2v) is 4.77. The average molecular weight is 287 g/mol. The molecule has 0 radical (unpaired) electrons. The molecule has 0 spiro atoms. The lowest BCUT2D eigenvalue weighted by atomic mass is 10.2. The van der Waals surface area contributed by atoms with Crippen LogP contribution < -0.4 is 14.4 Å². The van der Waals surface area contributed by atoms with Crippen molar-refractivity contribution in [2.75, 3.05) is 26.2 Å². The summed E-state index contributed by atoms with van der Waals surface area (Å²) in [7, 11) is 5.29. The number of aryl methyl sites for hydroxylation is 1. The molecule has 0 N–H and O–H groups in total. The molecule has 5 heteroatoms. The molecule has 0 fully saturated rings. The van der Waals surface area contributed by atoms with Gasteiger partial charge in [0.15, 0.2) is 11.5 Å². The molecule has 0 unspecified atom stereocenters. The maximum absolute atomic E-state index is 5.33. The van der Waals surface area contributed by atoms with E-state index in [0.29, 0.717) is 0 Å². The van der Waals surface area contributed by atoms with E-state index < -0.39 is 0 Å². The Hall–Kier alpha value is -2.30. The quantitative estimate of drug-likeness (QED) is 0.817. The first-order valence-electron chi connectivity index (χ1n) is 6.91. The summed E-state index contributed by atoms with van der Waals surface area (Å²) in [6, 6.07) is 7.94. The Bertz CT molecular complexity index is 602. The molecular weight excluding hydrogens is 266 g/mol. The van der Waals surface area contributed by atoms with Crippen molar-refractivity contribution in [3.63, 3.8) is 0 Å². The summed E-state index contributed by atoms with van der Waals surface area (Å²) in [4.78, 5) is 10.6. The lowest BCUT2D eigenvalue weighted by Crippen LogP contribution is -2.18. The Labute approximate surface area is 125 Å². The number of nitrogens with zero attached hydrogens (tertiary/aromatic N) is 3. The monoisotopic (exact) mass is 287 g/mol. The molecule has 0 aliphatic rings. The third kappa shape index (κ3) is 3.62. The van der Waals surface area contributed by atoms with Gasteiger partial charge in [-0.2, -0.15) is 0 Å². The van der Waals surface area contributed by atoms with Crippen molar-refractivity contribution in [3.05, 3.63) is 41.9 Å². The minimum Gasteiger partial charge on any atom is -0.493 e. The number of anilines is 1. The Morgan fingerprint density at radius 2 is 1.81 bits per heavy atom. The smallest absolute Gasteiger partial charge is 0.161 e. The van der Waals surface area contributed by atoms with Crippen LogP contribution in [0.2, 0.25) is 0 Å². The summed E-state index contributed by atoms with van der Waals surface area (Å²) in [6.07, 6.45) is 2.51. The number of methoxy groups -OCH3 is 2. The highest BCUT2D eigenvalue weighted by atomic mass is 16.5. The summed E-state index contributed by atoms with van der Waals surface area (Å²) in [5.74, 6) is 2.39. The van der Waals surface area contributed by atoms with Gasteiger partial charge in [-0.3, -0.25) is 0 Å². The van der Waals surface area contributed by atoms with Gasteiger partial charge in [-0.05, 0) is 24.1 Å². The van der Waals surface area contributed by atoms with E-state index in [4.69, 9.17) is 9.47 Å². The van der Waals surface area contributed by atoms with Crippen LogP contribution in [0.4, 0.5) is 5.82 Å². The third-order valence-electron chi connectivity index (χ3n) is 3.33. The fourth-order valence-corrected chi connectivity index (χ4v) is 2.12. The van der Waals surface area contributed by atoms with Gasteiger partial charge in [0.2, 0.25) is 0 Å². The summed E-state index contributed by atoms with van der Waals surface area (Å²) in [5.41, 5.74) is 2.17. The normalized spacial score (nSPS) is 10.3. The number of aromatic nitrogens is 2. The predicted octanol–water partition coefficient (Wildman–Crippen LogP) is 2.69. The van der Waals surface area contributed by atoms with Crippen molar-refractivity contribution < 1.29 is 9.47 Å². The van der Waals surface area contributed by atoms with Gasteiger partial charge in [0, 0.05) is 25.4 Å². The lowest BCUT2D eigenvalue weighted by molar-refractivity contribution is 0.354. The minimum absolute atomic E-state index is 0.735. The van der Waals surface area contributed by atoms with E-state index in [1.807, 2.05) is 31.3 Å². The van der Waals surface area contributed by atoms with Crippen LogP contribution in [0.3, 0.4) is 0 Å². The van der Waals surface area contributed by atoms with Crippen LogP contribution in [0, 0.1) is 0 Å². The Morgan fingerprint density at radius 3 is 2.48 bits per heavy atom. The van der Waals surface area contributed by atoms with Gasteiger partial charge in [-0.25, -0.2) is 9.97 Å². The van der Waals surface area contributed by atoms with Gasteiger partial charge in [-0.15, -0.1) is 0 Å². The molecular formula is C16H21N3O2. The van der Waals surface area contributed by atoms with E-state index in [2.05, 4.69) is 21.8 Å². The molecule has 0 atom stereocenters. The molecule has 0 aliphatic carbocycles. The number of rotatable bonds is 6. The van der Waals surface area contributed by atoms with E-state index in [0.717, 1.165) is 41.5 Å². The van der Waals surface area contributed by atoms with Gasteiger partial charge in [0.05, 0.1) is 14.2 Å². The maximum Gasteiger partial charge on any atom is 0.161 e. The first kappa shape index (κ1) is 15.1. The number of benzene rings is 1. The zero-order chi connectivity index (χ0) is 15.2. The summed E-state index contributed by atoms with van der Waals surface area (Å²) in [5, 5.41) is 0. The SMILES string of the molecule is CCc1cc(N(C)Cc2ccc(OC)c(OC)c2)ncn1. The first-order chi connectivity index (χ1) is 10.2. The van der Waals surface area contributed by atoms with Gasteiger partial charge in [0.1, 0.15) is 12.1 Å². The topological polar surface area (TPSA) is 47.5 Å². The highest BCUT2D eigenvalue weighted by Gasteiger charge is 2.08. The predicted molar refractivity (Wildman–Crippen MR) is 83.1 cm³/mol. The molecule has 5 nitrogen and oxygen atoms in total. The molecule has 21 heavy (non-hydrogen) atoms. The number of hydrogen-bond donors (Lipinski definition) is 0. The molecule has 1 heterocycles. The summed E-state index contributed by atoms with van der Waals surface area (Å²) < 4.78 is 10.6. The minimum atomic E-state index is 0.735. The van der Waals surface area contributed by atoms with Crippen molar-refractivity contribution >= 4 is 5.82 Å². The molecule has 1 aromatic carbocycles. The van der Waals surface area contributed by atoms with Crippen molar-refractivity contribution in [1.29, 1.82) is 0 Å². The van der Waals surface area contributed by atoms with Crippen LogP contribution in [0.15, 0.2) is 30.6 Å². The fraction of sp³-hybridized carbons (Fsp3) is 0.375. The van der Waals surface area contributed by atoms with Crippen LogP contribution in [0.1, 0.15) is 18.2 Å². The van der Waals surface area contributed by atoms with Crippen LogP contribution in [0.5, 0.6) is 11.5 Å². The standard InChI is InChI=1S/C16H21N3O2/c1-5-13-9-16(18-11-17-13)19(2)10-12-6-7-14(20-3)15(8-12)21-4/h6-9,11H,5,10H2,1-4H3. The molecule has 2 aromatic rings. The van der Waals surface area contributed by atoms with Crippen molar-refractivity contribution in [3.8, 4) is 11.5 Å². The van der Waals surface area contributed by atoms with E-state index in [-0.39, 0.29) is 0 Å².